The van der Waals surface area contributed by atoms with Crippen LogP contribution in [0, 0.1) is 6.92 Å². The van der Waals surface area contributed by atoms with Crippen LogP contribution in [0.15, 0.2) is 18.2 Å². The van der Waals surface area contributed by atoms with Gasteiger partial charge in [0.15, 0.2) is 0 Å². The van der Waals surface area contributed by atoms with Crippen molar-refractivity contribution in [3.8, 4) is 0 Å². The summed E-state index contributed by atoms with van der Waals surface area (Å²) in [5, 5.41) is 13.2. The fraction of sp³-hybridized carbons (Fsp3) is 0.625. The third kappa shape index (κ3) is 3.51. The molecule has 0 radical (unpaired) electrons. The second-order valence-corrected chi connectivity index (χ2v) is 6.11. The van der Waals surface area contributed by atoms with Crippen molar-refractivity contribution < 1.29 is 5.11 Å². The molecule has 112 valence electrons. The molecule has 2 atom stereocenters. The lowest BCUT2D eigenvalue weighted by molar-refractivity contribution is 0.191. The predicted octanol–water partition coefficient (Wildman–Crippen LogP) is 1.22. The zero-order chi connectivity index (χ0) is 14.7. The Labute approximate surface area is 122 Å². The number of aliphatic hydroxyl groups is 1. The summed E-state index contributed by atoms with van der Waals surface area (Å²) in [6.07, 6.45) is 0.645. The molecule has 1 fully saturated rings. The van der Waals surface area contributed by atoms with Crippen LogP contribution in [0.4, 0.5) is 5.69 Å². The molecule has 4 heteroatoms. The van der Waals surface area contributed by atoms with Gasteiger partial charge in [-0.3, -0.25) is 0 Å². The van der Waals surface area contributed by atoms with E-state index in [1.54, 1.807) is 0 Å². The molecule has 0 saturated carbocycles. The van der Waals surface area contributed by atoms with E-state index in [0.717, 1.165) is 26.1 Å². The summed E-state index contributed by atoms with van der Waals surface area (Å²) in [5.41, 5.74) is 3.85. The van der Waals surface area contributed by atoms with E-state index in [0.29, 0.717) is 6.04 Å². The molecular weight excluding hydrogens is 250 g/mol. The Morgan fingerprint density at radius 3 is 2.75 bits per heavy atom. The molecule has 2 N–H and O–H groups in total. The number of benzene rings is 1. The largest absolute Gasteiger partial charge is 0.391 e. The molecule has 20 heavy (non-hydrogen) atoms. The van der Waals surface area contributed by atoms with E-state index < -0.39 is 0 Å². The van der Waals surface area contributed by atoms with Crippen LogP contribution >= 0.6 is 0 Å². The quantitative estimate of drug-likeness (QED) is 0.849. The van der Waals surface area contributed by atoms with Crippen LogP contribution in [0.2, 0.25) is 0 Å². The number of hydrogen-bond acceptors (Lipinski definition) is 4. The highest BCUT2D eigenvalue weighted by Crippen LogP contribution is 2.29. The molecule has 0 aromatic heterocycles. The molecule has 1 aliphatic rings. The molecule has 0 amide bonds. The summed E-state index contributed by atoms with van der Waals surface area (Å²) in [4.78, 5) is 4.56. The molecule has 0 bridgehead atoms. The minimum Gasteiger partial charge on any atom is -0.391 e. The lowest BCUT2D eigenvalue weighted by Crippen LogP contribution is -2.38. The first-order chi connectivity index (χ1) is 9.51. The van der Waals surface area contributed by atoms with Gasteiger partial charge in [0.1, 0.15) is 0 Å². The summed E-state index contributed by atoms with van der Waals surface area (Å²) in [5.74, 6) is 0. The Kier molecular flexibility index (Phi) is 5.02. The highest BCUT2D eigenvalue weighted by atomic mass is 16.3. The topological polar surface area (TPSA) is 38.7 Å². The standard InChI is InChI=1S/C16H27N3O/c1-12-7-13(9-17-2)5-6-16(12)19-11-15(20)8-14(19)10-18(3)4/h5-7,14-15,17,20H,8-11H2,1-4H3. The van der Waals surface area contributed by atoms with Gasteiger partial charge in [-0.1, -0.05) is 12.1 Å². The van der Waals surface area contributed by atoms with Crippen molar-refractivity contribution in [2.75, 3.05) is 39.1 Å². The van der Waals surface area contributed by atoms with Gasteiger partial charge in [-0.2, -0.15) is 0 Å². The summed E-state index contributed by atoms with van der Waals surface area (Å²) in [6.45, 7) is 4.77. The van der Waals surface area contributed by atoms with Crippen molar-refractivity contribution in [3.05, 3.63) is 29.3 Å². The van der Waals surface area contributed by atoms with Crippen molar-refractivity contribution in [1.29, 1.82) is 0 Å². The van der Waals surface area contributed by atoms with Crippen LogP contribution in [-0.4, -0.2) is 56.4 Å². The average Bonchev–Trinajstić information content (AvgIpc) is 2.69. The molecule has 1 aliphatic heterocycles. The minimum atomic E-state index is -0.212. The second-order valence-electron chi connectivity index (χ2n) is 6.11. The number of likely N-dealkylation sites (N-methyl/N-ethyl adjacent to an activating group) is 1. The third-order valence-corrected chi connectivity index (χ3v) is 3.92. The van der Waals surface area contributed by atoms with Crippen LogP contribution in [0.1, 0.15) is 17.5 Å². The highest BCUT2D eigenvalue weighted by Gasteiger charge is 2.31. The van der Waals surface area contributed by atoms with E-state index in [1.807, 2.05) is 7.05 Å². The highest BCUT2D eigenvalue weighted by molar-refractivity contribution is 5.56. The minimum absolute atomic E-state index is 0.212. The van der Waals surface area contributed by atoms with Crippen molar-refractivity contribution in [2.24, 2.45) is 0 Å². The summed E-state index contributed by atoms with van der Waals surface area (Å²) < 4.78 is 0. The number of hydrogen-bond donors (Lipinski definition) is 2. The number of rotatable bonds is 5. The molecule has 4 nitrogen and oxygen atoms in total. The van der Waals surface area contributed by atoms with Gasteiger partial charge in [0.05, 0.1) is 6.10 Å². The van der Waals surface area contributed by atoms with Gasteiger partial charge < -0.3 is 20.2 Å². The van der Waals surface area contributed by atoms with Gasteiger partial charge in [0.2, 0.25) is 0 Å². The molecule has 1 heterocycles. The molecule has 1 aromatic carbocycles. The number of β-amino-alcohol motifs (C(OH)–C–C–N with tert-alkyl or cyclic N) is 1. The Hall–Kier alpha value is -1.10. The predicted molar refractivity (Wildman–Crippen MR) is 84.3 cm³/mol. The first kappa shape index (κ1) is 15.3. The first-order valence-corrected chi connectivity index (χ1v) is 7.35. The van der Waals surface area contributed by atoms with Gasteiger partial charge in [-0.05, 0) is 51.7 Å². The summed E-state index contributed by atoms with van der Waals surface area (Å²) in [7, 11) is 6.14. The van der Waals surface area contributed by atoms with E-state index in [-0.39, 0.29) is 6.10 Å². The molecule has 2 unspecified atom stereocenters. The van der Waals surface area contributed by atoms with Gasteiger partial charge in [-0.25, -0.2) is 0 Å². The van der Waals surface area contributed by atoms with Crippen LogP contribution < -0.4 is 10.2 Å². The fourth-order valence-electron chi connectivity index (χ4n) is 3.14. The number of aliphatic hydroxyl groups excluding tert-OH is 1. The van der Waals surface area contributed by atoms with Gasteiger partial charge >= 0.3 is 0 Å². The van der Waals surface area contributed by atoms with E-state index >= 15 is 0 Å². The normalized spacial score (nSPS) is 22.8. The zero-order valence-corrected chi connectivity index (χ0v) is 13.1. The maximum absolute atomic E-state index is 10.0. The lowest BCUT2D eigenvalue weighted by Gasteiger charge is -2.30. The monoisotopic (exact) mass is 277 g/mol. The SMILES string of the molecule is CNCc1ccc(N2CC(O)CC2CN(C)C)c(C)c1. The Bertz CT molecular complexity index is 447. The number of nitrogens with one attached hydrogen (secondary N) is 1. The lowest BCUT2D eigenvalue weighted by atomic mass is 10.1. The average molecular weight is 277 g/mol. The number of nitrogens with zero attached hydrogens (tertiary/aromatic N) is 2. The molecule has 0 aliphatic carbocycles. The maximum Gasteiger partial charge on any atom is 0.0735 e. The first-order valence-electron chi connectivity index (χ1n) is 7.35. The van der Waals surface area contributed by atoms with E-state index in [1.165, 1.54) is 16.8 Å². The number of anilines is 1. The third-order valence-electron chi connectivity index (χ3n) is 3.92. The molecule has 0 spiro atoms. The van der Waals surface area contributed by atoms with Crippen molar-refractivity contribution in [3.63, 3.8) is 0 Å². The van der Waals surface area contributed by atoms with E-state index in [4.69, 9.17) is 0 Å². The second kappa shape index (κ2) is 6.57. The fourth-order valence-corrected chi connectivity index (χ4v) is 3.14. The molecule has 1 aromatic rings. The number of aryl methyl sites for hydroxylation is 1. The summed E-state index contributed by atoms with van der Waals surface area (Å²) >= 11 is 0. The van der Waals surface area contributed by atoms with Gasteiger partial charge in [0, 0.05) is 31.4 Å². The Morgan fingerprint density at radius 2 is 2.15 bits per heavy atom. The Balaban J connectivity index is 2.20. The summed E-state index contributed by atoms with van der Waals surface area (Å²) in [6, 6.07) is 7.01. The Morgan fingerprint density at radius 1 is 1.40 bits per heavy atom. The van der Waals surface area contributed by atoms with Gasteiger partial charge in [0.25, 0.3) is 0 Å². The van der Waals surface area contributed by atoms with Gasteiger partial charge in [-0.15, -0.1) is 0 Å². The molecule has 2 rings (SSSR count). The molecular formula is C16H27N3O. The molecule has 1 saturated heterocycles. The van der Waals surface area contributed by atoms with Crippen LogP contribution in [-0.2, 0) is 6.54 Å². The maximum atomic E-state index is 10.0. The van der Waals surface area contributed by atoms with Crippen molar-refractivity contribution in [2.45, 2.75) is 32.0 Å². The van der Waals surface area contributed by atoms with Crippen LogP contribution in [0.5, 0.6) is 0 Å². The zero-order valence-electron chi connectivity index (χ0n) is 13.1. The smallest absolute Gasteiger partial charge is 0.0735 e. The van der Waals surface area contributed by atoms with E-state index in [9.17, 15) is 5.11 Å². The van der Waals surface area contributed by atoms with Crippen LogP contribution in [0.25, 0.3) is 0 Å². The van der Waals surface area contributed by atoms with Crippen LogP contribution in [0.3, 0.4) is 0 Å². The van der Waals surface area contributed by atoms with E-state index in [2.05, 4.69) is 54.3 Å². The van der Waals surface area contributed by atoms with Crippen molar-refractivity contribution in [1.82, 2.24) is 10.2 Å². The van der Waals surface area contributed by atoms with Crippen molar-refractivity contribution >= 4 is 5.69 Å².